The zero-order valence-corrected chi connectivity index (χ0v) is 12.4. The van der Waals surface area contributed by atoms with Crippen LogP contribution in [-0.2, 0) is 16.1 Å². The number of benzene rings is 1. The number of hydrazine groups is 1. The van der Waals surface area contributed by atoms with Gasteiger partial charge in [0.2, 0.25) is 5.91 Å². The summed E-state index contributed by atoms with van der Waals surface area (Å²) in [5.74, 6) is 4.73. The maximum absolute atomic E-state index is 11.7. The van der Waals surface area contributed by atoms with E-state index >= 15 is 0 Å². The number of nitrogens with one attached hydrogen (secondary N) is 2. The Labute approximate surface area is 124 Å². The van der Waals surface area contributed by atoms with Gasteiger partial charge in [-0.25, -0.2) is 5.84 Å². The van der Waals surface area contributed by atoms with Crippen LogP contribution in [0.15, 0.2) is 24.3 Å². The molecule has 0 aromatic heterocycles. The van der Waals surface area contributed by atoms with Crippen LogP contribution in [0.1, 0.15) is 15.9 Å². The molecule has 1 rings (SSSR count). The van der Waals surface area contributed by atoms with Gasteiger partial charge in [-0.1, -0.05) is 18.2 Å². The standard InChI is InChI=1S/C14H22N4O3/c1-18(10-13(19)16-7-8-21-2)9-11-5-3-4-6-12(11)14(20)17-15/h3-6H,7-10,15H2,1-2H3,(H,16,19)(H,17,20). The fraction of sp³-hybridized carbons (Fsp3) is 0.429. The van der Waals surface area contributed by atoms with Crippen LogP contribution in [0.4, 0.5) is 0 Å². The summed E-state index contributed by atoms with van der Waals surface area (Å²) in [6.07, 6.45) is 0. The zero-order valence-electron chi connectivity index (χ0n) is 12.4. The summed E-state index contributed by atoms with van der Waals surface area (Å²) in [6.45, 7) is 1.67. The molecule has 7 heteroatoms. The summed E-state index contributed by atoms with van der Waals surface area (Å²) in [6, 6.07) is 7.15. The van der Waals surface area contributed by atoms with Crippen molar-refractivity contribution in [1.29, 1.82) is 0 Å². The molecule has 0 aliphatic heterocycles. The molecule has 1 aromatic carbocycles. The van der Waals surface area contributed by atoms with Crippen molar-refractivity contribution in [3.8, 4) is 0 Å². The smallest absolute Gasteiger partial charge is 0.265 e. The highest BCUT2D eigenvalue weighted by molar-refractivity contribution is 5.95. The molecule has 116 valence electrons. The zero-order chi connectivity index (χ0) is 15.7. The van der Waals surface area contributed by atoms with Crippen LogP contribution in [0.25, 0.3) is 0 Å². The van der Waals surface area contributed by atoms with Gasteiger partial charge in [0.05, 0.1) is 13.2 Å². The molecule has 0 radical (unpaired) electrons. The van der Waals surface area contributed by atoms with E-state index in [9.17, 15) is 9.59 Å². The van der Waals surface area contributed by atoms with E-state index in [1.807, 2.05) is 24.1 Å². The maximum atomic E-state index is 11.7. The highest BCUT2D eigenvalue weighted by Gasteiger charge is 2.12. The topological polar surface area (TPSA) is 96.7 Å². The van der Waals surface area contributed by atoms with Crippen LogP contribution in [0, 0.1) is 0 Å². The van der Waals surface area contributed by atoms with Crippen molar-refractivity contribution in [2.24, 2.45) is 5.84 Å². The lowest BCUT2D eigenvalue weighted by atomic mass is 10.1. The summed E-state index contributed by atoms with van der Waals surface area (Å²) in [5, 5.41) is 2.74. The van der Waals surface area contributed by atoms with Crippen LogP contribution < -0.4 is 16.6 Å². The number of amides is 2. The number of rotatable bonds is 8. The molecule has 0 bridgehead atoms. The van der Waals surface area contributed by atoms with Gasteiger partial charge in [-0.2, -0.15) is 0 Å². The van der Waals surface area contributed by atoms with Gasteiger partial charge < -0.3 is 10.1 Å². The fourth-order valence-corrected chi connectivity index (χ4v) is 1.90. The Kier molecular flexibility index (Phi) is 7.38. The Bertz CT molecular complexity index is 479. The minimum absolute atomic E-state index is 0.0877. The quantitative estimate of drug-likeness (QED) is 0.259. The number of hydrogen-bond acceptors (Lipinski definition) is 5. The Morgan fingerprint density at radius 2 is 2.05 bits per heavy atom. The average molecular weight is 294 g/mol. The molecule has 0 atom stereocenters. The SMILES string of the molecule is COCCNC(=O)CN(C)Cc1ccccc1C(=O)NN. The van der Waals surface area contributed by atoms with E-state index in [1.165, 1.54) is 0 Å². The number of likely N-dealkylation sites (N-methyl/N-ethyl adjacent to an activating group) is 1. The van der Waals surface area contributed by atoms with Crippen LogP contribution in [0.5, 0.6) is 0 Å². The number of nitrogens with two attached hydrogens (primary N) is 1. The van der Waals surface area contributed by atoms with E-state index in [0.29, 0.717) is 25.3 Å². The molecule has 0 spiro atoms. The highest BCUT2D eigenvalue weighted by Crippen LogP contribution is 2.10. The predicted octanol–water partition coefficient (Wildman–Crippen LogP) is -0.515. The number of carbonyl (C=O) groups is 2. The first-order chi connectivity index (χ1) is 10.1. The minimum Gasteiger partial charge on any atom is -0.383 e. The maximum Gasteiger partial charge on any atom is 0.265 e. The summed E-state index contributed by atoms with van der Waals surface area (Å²) < 4.78 is 4.86. The second-order valence-corrected chi connectivity index (χ2v) is 4.65. The molecular formula is C14H22N4O3. The number of ether oxygens (including phenoxy) is 1. The largest absolute Gasteiger partial charge is 0.383 e. The van der Waals surface area contributed by atoms with Crippen molar-refractivity contribution < 1.29 is 14.3 Å². The van der Waals surface area contributed by atoms with Gasteiger partial charge in [0.1, 0.15) is 0 Å². The lowest BCUT2D eigenvalue weighted by Crippen LogP contribution is -2.37. The van der Waals surface area contributed by atoms with Crippen molar-refractivity contribution in [2.45, 2.75) is 6.54 Å². The van der Waals surface area contributed by atoms with Crippen molar-refractivity contribution >= 4 is 11.8 Å². The molecule has 1 aromatic rings. The molecular weight excluding hydrogens is 272 g/mol. The number of nitrogens with zero attached hydrogens (tertiary/aromatic N) is 1. The molecule has 0 aliphatic carbocycles. The van der Waals surface area contributed by atoms with Crippen LogP contribution in [-0.4, -0.2) is 50.6 Å². The predicted molar refractivity (Wildman–Crippen MR) is 79.3 cm³/mol. The minimum atomic E-state index is -0.344. The van der Waals surface area contributed by atoms with Gasteiger partial charge in [0.25, 0.3) is 5.91 Å². The molecule has 0 fully saturated rings. The van der Waals surface area contributed by atoms with Crippen molar-refractivity contribution in [2.75, 3.05) is 33.9 Å². The highest BCUT2D eigenvalue weighted by atomic mass is 16.5. The second kappa shape index (κ2) is 9.06. The number of carbonyl (C=O) groups excluding carboxylic acids is 2. The normalized spacial score (nSPS) is 10.5. The van der Waals surface area contributed by atoms with E-state index in [0.717, 1.165) is 5.56 Å². The summed E-state index contributed by atoms with van der Waals surface area (Å²) in [4.78, 5) is 25.2. The lowest BCUT2D eigenvalue weighted by Gasteiger charge is -2.18. The summed E-state index contributed by atoms with van der Waals surface area (Å²) in [5.41, 5.74) is 3.44. The van der Waals surface area contributed by atoms with Gasteiger partial charge in [-0.3, -0.25) is 19.9 Å². The van der Waals surface area contributed by atoms with E-state index in [-0.39, 0.29) is 18.4 Å². The summed E-state index contributed by atoms with van der Waals surface area (Å²) in [7, 11) is 3.39. The van der Waals surface area contributed by atoms with Gasteiger partial charge in [-0.05, 0) is 18.7 Å². The van der Waals surface area contributed by atoms with E-state index in [2.05, 4.69) is 10.7 Å². The number of nitrogen functional groups attached to an aromatic ring is 1. The van der Waals surface area contributed by atoms with E-state index < -0.39 is 0 Å². The first kappa shape index (κ1) is 17.1. The summed E-state index contributed by atoms with van der Waals surface area (Å²) >= 11 is 0. The molecule has 0 unspecified atom stereocenters. The molecule has 0 saturated heterocycles. The molecule has 2 amide bonds. The third kappa shape index (κ3) is 5.90. The fourth-order valence-electron chi connectivity index (χ4n) is 1.90. The Morgan fingerprint density at radius 3 is 2.71 bits per heavy atom. The van der Waals surface area contributed by atoms with Gasteiger partial charge in [0.15, 0.2) is 0 Å². The average Bonchev–Trinajstić information content (AvgIpc) is 2.47. The van der Waals surface area contributed by atoms with Crippen molar-refractivity contribution in [3.63, 3.8) is 0 Å². The first-order valence-corrected chi connectivity index (χ1v) is 6.61. The van der Waals surface area contributed by atoms with Gasteiger partial charge in [-0.15, -0.1) is 0 Å². The molecule has 0 aliphatic rings. The molecule has 4 N–H and O–H groups in total. The molecule has 7 nitrogen and oxygen atoms in total. The molecule has 0 heterocycles. The van der Waals surface area contributed by atoms with E-state index in [1.54, 1.807) is 19.2 Å². The number of hydrogen-bond donors (Lipinski definition) is 3. The molecule has 21 heavy (non-hydrogen) atoms. The van der Waals surface area contributed by atoms with Gasteiger partial charge in [0, 0.05) is 25.8 Å². The van der Waals surface area contributed by atoms with Crippen molar-refractivity contribution in [1.82, 2.24) is 15.6 Å². The Hall–Kier alpha value is -1.96. The number of methoxy groups -OCH3 is 1. The third-order valence-corrected chi connectivity index (χ3v) is 2.88. The van der Waals surface area contributed by atoms with Gasteiger partial charge >= 0.3 is 0 Å². The van der Waals surface area contributed by atoms with Crippen LogP contribution in [0.3, 0.4) is 0 Å². The first-order valence-electron chi connectivity index (χ1n) is 6.61. The lowest BCUT2D eigenvalue weighted by molar-refractivity contribution is -0.122. The van der Waals surface area contributed by atoms with E-state index in [4.69, 9.17) is 10.6 Å². The Morgan fingerprint density at radius 1 is 1.33 bits per heavy atom. The third-order valence-electron chi connectivity index (χ3n) is 2.88. The van der Waals surface area contributed by atoms with Crippen LogP contribution in [0.2, 0.25) is 0 Å². The Balaban J connectivity index is 2.56. The van der Waals surface area contributed by atoms with Crippen LogP contribution >= 0.6 is 0 Å². The molecule has 0 saturated carbocycles. The monoisotopic (exact) mass is 294 g/mol. The van der Waals surface area contributed by atoms with Crippen molar-refractivity contribution in [3.05, 3.63) is 35.4 Å². The second-order valence-electron chi connectivity index (χ2n) is 4.65.